The SMILES string of the molecule is C=CCOc1ccc(C2=[C-]CC(C)C(=O)N2CC(F)F)c(C)c1.[Y]. The zero-order valence-electron chi connectivity index (χ0n) is 13.9. The quantitative estimate of drug-likeness (QED) is 0.528. The van der Waals surface area contributed by atoms with Gasteiger partial charge >= 0.3 is 0 Å². The maximum Gasteiger partial charge on any atom is 0.256 e. The number of rotatable bonds is 6. The summed E-state index contributed by atoms with van der Waals surface area (Å²) >= 11 is 0. The third-order valence-electron chi connectivity index (χ3n) is 3.67. The second-order valence-corrected chi connectivity index (χ2v) is 5.55. The first kappa shape index (κ1) is 21.0. The van der Waals surface area contributed by atoms with E-state index in [2.05, 4.69) is 12.7 Å². The molecule has 0 aromatic heterocycles. The summed E-state index contributed by atoms with van der Waals surface area (Å²) in [6.07, 6.45) is 2.60. The summed E-state index contributed by atoms with van der Waals surface area (Å²) in [5.74, 6) is 0.0566. The molecule has 1 unspecified atom stereocenters. The second kappa shape index (κ2) is 9.43. The molecular formula is C18H20F2NO2Y-. The molecule has 1 heterocycles. The van der Waals surface area contributed by atoms with E-state index in [0.29, 0.717) is 24.5 Å². The van der Waals surface area contributed by atoms with Crippen LogP contribution in [0.5, 0.6) is 5.75 Å². The van der Waals surface area contributed by atoms with Gasteiger partial charge in [-0.15, -0.1) is 22.9 Å². The Labute approximate surface area is 166 Å². The zero-order valence-corrected chi connectivity index (χ0v) is 16.7. The Balaban J connectivity index is 0.00000288. The number of allylic oxidation sites excluding steroid dienone is 1. The standard InChI is InChI=1S/C18H20F2NO2.Y/c1-4-9-23-14-6-7-15(13(3)10-14)16-8-5-12(2)18(22)21(16)11-17(19)20;/h4,6-7,10,12,17H,1,5,9,11H2,2-3H3;/q-1;. The first-order valence-corrected chi connectivity index (χ1v) is 7.49. The Hall–Kier alpha value is -1.07. The zero-order chi connectivity index (χ0) is 17.0. The minimum atomic E-state index is -2.59. The molecule has 1 aliphatic heterocycles. The van der Waals surface area contributed by atoms with Gasteiger partial charge in [-0.05, 0) is 12.1 Å². The van der Waals surface area contributed by atoms with Gasteiger partial charge in [-0.1, -0.05) is 32.9 Å². The van der Waals surface area contributed by atoms with Gasteiger partial charge in [-0.25, -0.2) is 14.9 Å². The fourth-order valence-electron chi connectivity index (χ4n) is 2.52. The fourth-order valence-corrected chi connectivity index (χ4v) is 2.52. The van der Waals surface area contributed by atoms with Crippen LogP contribution in [0.2, 0.25) is 0 Å². The molecule has 6 heteroatoms. The van der Waals surface area contributed by atoms with Crippen LogP contribution in [0, 0.1) is 18.9 Å². The molecule has 0 N–H and O–H groups in total. The number of amides is 1. The van der Waals surface area contributed by atoms with Crippen LogP contribution >= 0.6 is 0 Å². The van der Waals surface area contributed by atoms with Crippen molar-refractivity contribution in [3.05, 3.63) is 48.1 Å². The number of halogens is 2. The summed E-state index contributed by atoms with van der Waals surface area (Å²) in [5.41, 5.74) is 1.99. The number of ether oxygens (including phenoxy) is 1. The van der Waals surface area contributed by atoms with Crippen molar-refractivity contribution in [2.45, 2.75) is 26.7 Å². The number of alkyl halides is 2. The molecule has 1 aromatic carbocycles. The van der Waals surface area contributed by atoms with E-state index >= 15 is 0 Å². The molecule has 1 amide bonds. The molecule has 24 heavy (non-hydrogen) atoms. The largest absolute Gasteiger partial charge is 0.490 e. The van der Waals surface area contributed by atoms with Gasteiger partial charge in [-0.2, -0.15) is 0 Å². The van der Waals surface area contributed by atoms with E-state index in [-0.39, 0.29) is 44.5 Å². The minimum absolute atomic E-state index is 0. The Bertz CT molecular complexity index is 631. The average Bonchev–Trinajstić information content (AvgIpc) is 2.50. The van der Waals surface area contributed by atoms with E-state index in [9.17, 15) is 13.6 Å². The Morgan fingerprint density at radius 3 is 2.79 bits per heavy atom. The van der Waals surface area contributed by atoms with Gasteiger partial charge in [0.15, 0.2) is 0 Å². The summed E-state index contributed by atoms with van der Waals surface area (Å²) in [5, 5.41) is 0. The number of benzene rings is 1. The van der Waals surface area contributed by atoms with Gasteiger partial charge in [0.1, 0.15) is 12.4 Å². The molecule has 1 aliphatic rings. The van der Waals surface area contributed by atoms with Crippen molar-refractivity contribution >= 4 is 11.6 Å². The Morgan fingerprint density at radius 2 is 2.21 bits per heavy atom. The molecule has 3 nitrogen and oxygen atoms in total. The minimum Gasteiger partial charge on any atom is -0.490 e. The molecule has 0 saturated carbocycles. The van der Waals surface area contributed by atoms with Gasteiger partial charge in [0, 0.05) is 38.6 Å². The van der Waals surface area contributed by atoms with Crippen LogP contribution in [0.1, 0.15) is 24.5 Å². The number of carbonyl (C=O) groups is 1. The second-order valence-electron chi connectivity index (χ2n) is 5.55. The van der Waals surface area contributed by atoms with Crippen molar-refractivity contribution < 1.29 is 51.0 Å². The predicted molar refractivity (Wildman–Crippen MR) is 85.0 cm³/mol. The van der Waals surface area contributed by atoms with E-state index in [1.165, 1.54) is 0 Å². The number of carbonyl (C=O) groups excluding carboxylic acids is 1. The van der Waals surface area contributed by atoms with E-state index in [0.717, 1.165) is 16.0 Å². The Kier molecular flexibility index (Phi) is 8.24. The molecular weight excluding hydrogens is 389 g/mol. The molecule has 0 fully saturated rings. The molecule has 0 bridgehead atoms. The van der Waals surface area contributed by atoms with Gasteiger partial charge in [-0.3, -0.25) is 4.79 Å². The summed E-state index contributed by atoms with van der Waals surface area (Å²) in [7, 11) is 0. The first-order valence-electron chi connectivity index (χ1n) is 7.49. The van der Waals surface area contributed by atoms with E-state index in [4.69, 9.17) is 4.74 Å². The van der Waals surface area contributed by atoms with Crippen molar-refractivity contribution in [3.8, 4) is 5.75 Å². The molecule has 0 aliphatic carbocycles. The van der Waals surface area contributed by atoms with Crippen molar-refractivity contribution in [1.82, 2.24) is 4.90 Å². The number of aryl methyl sites for hydroxylation is 1. The van der Waals surface area contributed by atoms with Crippen LogP contribution < -0.4 is 4.74 Å². The normalized spacial score (nSPS) is 17.4. The van der Waals surface area contributed by atoms with Gasteiger partial charge in [0.2, 0.25) is 5.91 Å². The van der Waals surface area contributed by atoms with Crippen LogP contribution in [0.15, 0.2) is 30.9 Å². The van der Waals surface area contributed by atoms with E-state index < -0.39 is 13.0 Å². The monoisotopic (exact) mass is 409 g/mol. The third-order valence-corrected chi connectivity index (χ3v) is 3.67. The van der Waals surface area contributed by atoms with Crippen molar-refractivity contribution in [2.24, 2.45) is 5.92 Å². The first-order chi connectivity index (χ1) is 10.9. The number of hydrogen-bond acceptors (Lipinski definition) is 2. The van der Waals surface area contributed by atoms with Crippen molar-refractivity contribution in [2.75, 3.05) is 13.2 Å². The van der Waals surface area contributed by atoms with Crippen LogP contribution in [0.25, 0.3) is 5.70 Å². The summed E-state index contributed by atoms with van der Waals surface area (Å²) in [6.45, 7) is 6.95. The topological polar surface area (TPSA) is 29.5 Å². The molecule has 0 spiro atoms. The molecule has 1 atom stereocenters. The summed E-state index contributed by atoms with van der Waals surface area (Å²) in [4.78, 5) is 13.4. The van der Waals surface area contributed by atoms with Crippen molar-refractivity contribution in [1.29, 1.82) is 0 Å². The van der Waals surface area contributed by atoms with Crippen LogP contribution in [0.4, 0.5) is 8.78 Å². The molecule has 1 aromatic rings. The third kappa shape index (κ3) is 4.96. The molecule has 0 saturated heterocycles. The van der Waals surface area contributed by atoms with Crippen LogP contribution in [0.3, 0.4) is 0 Å². The maximum absolute atomic E-state index is 12.8. The van der Waals surface area contributed by atoms with Crippen LogP contribution in [-0.4, -0.2) is 30.4 Å². The molecule has 2 rings (SSSR count). The number of nitrogens with zero attached hydrogens (tertiary/aromatic N) is 1. The average molecular weight is 409 g/mol. The predicted octanol–water partition coefficient (Wildman–Crippen LogP) is 3.83. The van der Waals surface area contributed by atoms with Crippen molar-refractivity contribution in [3.63, 3.8) is 0 Å². The summed E-state index contributed by atoms with van der Waals surface area (Å²) in [6, 6.07) is 5.35. The smallest absolute Gasteiger partial charge is 0.256 e. The molecule has 1 radical (unpaired) electrons. The Morgan fingerprint density at radius 1 is 1.50 bits per heavy atom. The summed E-state index contributed by atoms with van der Waals surface area (Å²) < 4.78 is 31.2. The molecule has 127 valence electrons. The van der Waals surface area contributed by atoms with Gasteiger partial charge in [0.25, 0.3) is 6.43 Å². The van der Waals surface area contributed by atoms with E-state index in [1.54, 1.807) is 25.1 Å². The van der Waals surface area contributed by atoms with Crippen LogP contribution in [-0.2, 0) is 37.5 Å². The van der Waals surface area contributed by atoms with Gasteiger partial charge < -0.3 is 9.64 Å². The van der Waals surface area contributed by atoms with Gasteiger partial charge in [0.05, 0.1) is 6.54 Å². The number of hydrogen-bond donors (Lipinski definition) is 0. The van der Waals surface area contributed by atoms with E-state index in [1.807, 2.05) is 13.0 Å². The fraction of sp³-hybridized carbons (Fsp3) is 0.389. The maximum atomic E-state index is 12.8.